The molecule has 1 atom stereocenters. The molecule has 2 nitrogen and oxygen atoms in total. The Kier molecular flexibility index (Phi) is 2.71. The van der Waals surface area contributed by atoms with E-state index in [1.807, 2.05) is 0 Å². The lowest BCUT2D eigenvalue weighted by atomic mass is 10.1. The Bertz CT molecular complexity index is 513. The topological polar surface area (TPSA) is 33.1 Å². The van der Waals surface area contributed by atoms with Gasteiger partial charge in [0.2, 0.25) is 0 Å². The molecule has 1 unspecified atom stereocenters. The van der Waals surface area contributed by atoms with Gasteiger partial charge < -0.3 is 5.11 Å². The second-order valence-electron chi connectivity index (χ2n) is 3.35. The van der Waals surface area contributed by atoms with Crippen molar-refractivity contribution in [2.45, 2.75) is 13.0 Å². The second-order valence-corrected chi connectivity index (χ2v) is 4.20. The number of nitrogens with zero attached hydrogens (tertiary/aromatic N) is 1. The summed E-state index contributed by atoms with van der Waals surface area (Å²) in [6, 6.07) is 6.86. The minimum Gasteiger partial charge on any atom is -0.387 e. The van der Waals surface area contributed by atoms with Gasteiger partial charge in [-0.25, -0.2) is 9.37 Å². The first-order valence-corrected chi connectivity index (χ1v) is 5.31. The van der Waals surface area contributed by atoms with Crippen molar-refractivity contribution in [2.24, 2.45) is 0 Å². The van der Waals surface area contributed by atoms with Crippen molar-refractivity contribution in [1.82, 2.24) is 4.98 Å². The number of aliphatic hydroxyl groups excluding tert-OH is 1. The molecule has 0 radical (unpaired) electrons. The molecule has 0 aliphatic heterocycles. The summed E-state index contributed by atoms with van der Waals surface area (Å²) in [5, 5.41) is 10.1. The van der Waals surface area contributed by atoms with Crippen molar-refractivity contribution in [3.63, 3.8) is 0 Å². The predicted octanol–water partition coefficient (Wildman–Crippen LogP) is 3.19. The zero-order valence-electron chi connectivity index (χ0n) is 8.04. The molecular weight excluding hydrogens is 261 g/mol. The molecule has 2 rings (SSSR count). The lowest BCUT2D eigenvalue weighted by Gasteiger charge is -2.06. The number of hydrogen-bond donors (Lipinski definition) is 1. The summed E-state index contributed by atoms with van der Waals surface area (Å²) >= 11 is 3.10. The van der Waals surface area contributed by atoms with Crippen molar-refractivity contribution in [1.29, 1.82) is 0 Å². The number of pyridine rings is 1. The van der Waals surface area contributed by atoms with Crippen LogP contribution in [0.25, 0.3) is 10.9 Å². The standard InChI is InChI=1S/C11H9BrFNO/c1-6(15)9-5-3-7-2-4-8(12)10(13)11(7)14-9/h2-6,15H,1H3. The third-order valence-corrected chi connectivity index (χ3v) is 2.82. The molecule has 0 aliphatic rings. The number of fused-ring (bicyclic) bond motifs is 1. The smallest absolute Gasteiger partial charge is 0.163 e. The minimum atomic E-state index is -0.687. The van der Waals surface area contributed by atoms with Crippen LogP contribution in [0.3, 0.4) is 0 Å². The van der Waals surface area contributed by atoms with Gasteiger partial charge in [0.25, 0.3) is 0 Å². The maximum atomic E-state index is 13.7. The molecular formula is C11H9BrFNO. The van der Waals surface area contributed by atoms with Gasteiger partial charge in [0, 0.05) is 5.39 Å². The average Bonchev–Trinajstić information content (AvgIpc) is 2.23. The largest absolute Gasteiger partial charge is 0.387 e. The van der Waals surface area contributed by atoms with Crippen LogP contribution in [0.5, 0.6) is 0 Å². The van der Waals surface area contributed by atoms with Gasteiger partial charge in [0.05, 0.1) is 16.3 Å². The Morgan fingerprint density at radius 1 is 1.33 bits per heavy atom. The van der Waals surface area contributed by atoms with E-state index in [0.29, 0.717) is 10.2 Å². The molecule has 0 spiro atoms. The van der Waals surface area contributed by atoms with Crippen LogP contribution in [0.4, 0.5) is 4.39 Å². The first-order valence-electron chi connectivity index (χ1n) is 4.52. The summed E-state index contributed by atoms with van der Waals surface area (Å²) < 4.78 is 14.0. The number of rotatable bonds is 1. The summed E-state index contributed by atoms with van der Waals surface area (Å²) in [5.74, 6) is -0.394. The average molecular weight is 270 g/mol. The van der Waals surface area contributed by atoms with Crippen molar-refractivity contribution in [3.05, 3.63) is 40.2 Å². The molecule has 0 fully saturated rings. The molecule has 15 heavy (non-hydrogen) atoms. The maximum absolute atomic E-state index is 13.7. The Morgan fingerprint density at radius 2 is 2.00 bits per heavy atom. The fourth-order valence-corrected chi connectivity index (χ4v) is 1.70. The van der Waals surface area contributed by atoms with Gasteiger partial charge in [-0.3, -0.25) is 0 Å². The van der Waals surface area contributed by atoms with E-state index in [4.69, 9.17) is 0 Å². The van der Waals surface area contributed by atoms with Crippen LogP contribution in [-0.2, 0) is 0 Å². The highest BCUT2D eigenvalue weighted by Gasteiger charge is 2.09. The first-order chi connectivity index (χ1) is 7.09. The summed E-state index contributed by atoms with van der Waals surface area (Å²) in [6.45, 7) is 1.60. The Balaban J connectivity index is 2.73. The van der Waals surface area contributed by atoms with Gasteiger partial charge in [0.15, 0.2) is 5.82 Å². The van der Waals surface area contributed by atoms with Crippen LogP contribution in [0.15, 0.2) is 28.7 Å². The molecule has 0 bridgehead atoms. The Morgan fingerprint density at radius 3 is 2.67 bits per heavy atom. The number of halogens is 2. The summed E-state index contributed by atoms with van der Waals surface area (Å²) in [6.07, 6.45) is -0.687. The van der Waals surface area contributed by atoms with E-state index in [-0.39, 0.29) is 5.52 Å². The van der Waals surface area contributed by atoms with Crippen molar-refractivity contribution < 1.29 is 9.50 Å². The normalized spacial score (nSPS) is 13.1. The van der Waals surface area contributed by atoms with Crippen molar-refractivity contribution >= 4 is 26.8 Å². The molecule has 4 heteroatoms. The Labute approximate surface area is 94.9 Å². The lowest BCUT2D eigenvalue weighted by molar-refractivity contribution is 0.194. The summed E-state index contributed by atoms with van der Waals surface area (Å²) in [5.41, 5.74) is 0.752. The van der Waals surface area contributed by atoms with Crippen LogP contribution in [0, 0.1) is 5.82 Å². The Hall–Kier alpha value is -1.00. The van der Waals surface area contributed by atoms with E-state index in [2.05, 4.69) is 20.9 Å². The van der Waals surface area contributed by atoms with Crippen molar-refractivity contribution in [2.75, 3.05) is 0 Å². The van der Waals surface area contributed by atoms with Crippen LogP contribution in [0.1, 0.15) is 18.7 Å². The molecule has 1 N–H and O–H groups in total. The highest BCUT2D eigenvalue weighted by molar-refractivity contribution is 9.10. The SMILES string of the molecule is CC(O)c1ccc2ccc(Br)c(F)c2n1. The number of benzene rings is 1. The quantitative estimate of drug-likeness (QED) is 0.863. The summed E-state index contributed by atoms with van der Waals surface area (Å²) in [7, 11) is 0. The zero-order valence-corrected chi connectivity index (χ0v) is 9.62. The summed E-state index contributed by atoms with van der Waals surface area (Å²) in [4.78, 5) is 4.08. The molecule has 1 aromatic carbocycles. The van der Waals surface area contributed by atoms with E-state index in [1.165, 1.54) is 0 Å². The van der Waals surface area contributed by atoms with E-state index in [0.717, 1.165) is 5.39 Å². The molecule has 0 saturated heterocycles. The van der Waals surface area contributed by atoms with Gasteiger partial charge in [-0.2, -0.15) is 0 Å². The van der Waals surface area contributed by atoms with E-state index >= 15 is 0 Å². The number of aliphatic hydroxyl groups is 1. The van der Waals surface area contributed by atoms with Gasteiger partial charge >= 0.3 is 0 Å². The highest BCUT2D eigenvalue weighted by atomic mass is 79.9. The van der Waals surface area contributed by atoms with Gasteiger partial charge in [-0.15, -0.1) is 0 Å². The highest BCUT2D eigenvalue weighted by Crippen LogP contribution is 2.24. The van der Waals surface area contributed by atoms with E-state index in [9.17, 15) is 9.50 Å². The molecule has 1 aromatic heterocycles. The number of aromatic nitrogens is 1. The van der Waals surface area contributed by atoms with Gasteiger partial charge in [0.1, 0.15) is 5.52 Å². The van der Waals surface area contributed by atoms with Crippen LogP contribution >= 0.6 is 15.9 Å². The molecule has 0 saturated carbocycles. The minimum absolute atomic E-state index is 0.280. The fraction of sp³-hybridized carbons (Fsp3) is 0.182. The third kappa shape index (κ3) is 1.87. The van der Waals surface area contributed by atoms with Gasteiger partial charge in [-0.05, 0) is 35.0 Å². The fourth-order valence-electron chi connectivity index (χ4n) is 1.38. The monoisotopic (exact) mass is 269 g/mol. The molecule has 1 heterocycles. The van der Waals surface area contributed by atoms with Crippen LogP contribution < -0.4 is 0 Å². The van der Waals surface area contributed by atoms with Gasteiger partial charge in [-0.1, -0.05) is 12.1 Å². The van der Waals surface area contributed by atoms with E-state index in [1.54, 1.807) is 31.2 Å². The van der Waals surface area contributed by atoms with Crippen LogP contribution in [0.2, 0.25) is 0 Å². The molecule has 0 amide bonds. The second kappa shape index (κ2) is 3.87. The zero-order chi connectivity index (χ0) is 11.0. The van der Waals surface area contributed by atoms with Crippen molar-refractivity contribution in [3.8, 4) is 0 Å². The van der Waals surface area contributed by atoms with Crippen LogP contribution in [-0.4, -0.2) is 10.1 Å². The third-order valence-electron chi connectivity index (χ3n) is 2.20. The molecule has 78 valence electrons. The lowest BCUT2D eigenvalue weighted by Crippen LogP contribution is -1.96. The first kappa shape index (κ1) is 10.5. The maximum Gasteiger partial charge on any atom is 0.163 e. The number of hydrogen-bond acceptors (Lipinski definition) is 2. The van der Waals surface area contributed by atoms with E-state index < -0.39 is 11.9 Å². The molecule has 0 aliphatic carbocycles. The molecule has 2 aromatic rings. The predicted molar refractivity (Wildman–Crippen MR) is 60.0 cm³/mol.